The van der Waals surface area contributed by atoms with Crippen molar-refractivity contribution in [1.82, 2.24) is 0 Å². The molecule has 0 amide bonds. The van der Waals surface area contributed by atoms with Gasteiger partial charge in [-0.3, -0.25) is 4.57 Å². The van der Waals surface area contributed by atoms with Crippen LogP contribution in [0.2, 0.25) is 0 Å². The van der Waals surface area contributed by atoms with Crippen molar-refractivity contribution in [2.75, 3.05) is 0 Å². The Balaban J connectivity index is 2.39. The average Bonchev–Trinajstić information content (AvgIpc) is 2.44. The smallest absolute Gasteiger partial charge is 0.329 e. The summed E-state index contributed by atoms with van der Waals surface area (Å²) in [6.07, 6.45) is 0. The number of para-hydroxylation sites is 1. The van der Waals surface area contributed by atoms with Gasteiger partial charge in [-0.15, -0.1) is 0 Å². The summed E-state index contributed by atoms with van der Waals surface area (Å²) >= 11 is 0. The van der Waals surface area contributed by atoms with E-state index >= 15 is 0 Å². The number of fused-ring (bicyclic) bond motifs is 1. The van der Waals surface area contributed by atoms with E-state index in [1.54, 1.807) is 16.7 Å². The second-order valence-electron chi connectivity index (χ2n) is 4.01. The zero-order valence-corrected chi connectivity index (χ0v) is 9.67. The van der Waals surface area contributed by atoms with Crippen molar-refractivity contribution in [3.05, 3.63) is 72.1 Å². The van der Waals surface area contributed by atoms with Gasteiger partial charge in [0.25, 0.3) is 5.89 Å². The first-order valence-electron chi connectivity index (χ1n) is 5.61. The lowest BCUT2D eigenvalue weighted by molar-refractivity contribution is -0.583. The molecular formula is C15H11NO2. The molecule has 3 aromatic rings. The van der Waals surface area contributed by atoms with Gasteiger partial charge >= 0.3 is 5.63 Å². The third-order valence-electron chi connectivity index (χ3n) is 2.87. The maximum absolute atomic E-state index is 11.9. The van der Waals surface area contributed by atoms with Gasteiger partial charge in [-0.05, 0) is 6.07 Å². The van der Waals surface area contributed by atoms with Gasteiger partial charge in [0.15, 0.2) is 0 Å². The van der Waals surface area contributed by atoms with Crippen LogP contribution in [0.5, 0.6) is 0 Å². The zero-order chi connectivity index (χ0) is 12.5. The standard InChI is InChI=1S/C15H11NO2/c1-16-13-10-6-5-9-12(13)15(17)18-14(16)11-7-3-2-4-8-11/h2-10H,1H2. The molecule has 0 bridgehead atoms. The number of rotatable bonds is 1. The molecule has 0 unspecified atom stereocenters. The lowest BCUT2D eigenvalue weighted by atomic mass is 10.2. The molecule has 0 saturated heterocycles. The number of nitrogens with zero attached hydrogens (tertiary/aromatic N) is 1. The first-order valence-corrected chi connectivity index (χ1v) is 5.61. The zero-order valence-electron chi connectivity index (χ0n) is 9.67. The normalized spacial score (nSPS) is 10.7. The third-order valence-corrected chi connectivity index (χ3v) is 2.87. The van der Waals surface area contributed by atoms with Gasteiger partial charge in [0.1, 0.15) is 5.52 Å². The van der Waals surface area contributed by atoms with E-state index in [9.17, 15) is 4.79 Å². The first kappa shape index (κ1) is 10.6. The fourth-order valence-electron chi connectivity index (χ4n) is 1.98. The molecule has 3 rings (SSSR count). The van der Waals surface area contributed by atoms with Crippen LogP contribution >= 0.6 is 0 Å². The van der Waals surface area contributed by atoms with Crippen LogP contribution in [0.25, 0.3) is 22.4 Å². The quantitative estimate of drug-likeness (QED) is 0.481. The molecule has 0 radical (unpaired) electrons. The highest BCUT2D eigenvalue weighted by Gasteiger charge is 2.11. The second-order valence-corrected chi connectivity index (χ2v) is 4.01. The van der Waals surface area contributed by atoms with E-state index in [0.717, 1.165) is 11.1 Å². The van der Waals surface area contributed by atoms with Crippen molar-refractivity contribution in [3.63, 3.8) is 0 Å². The summed E-state index contributed by atoms with van der Waals surface area (Å²) in [5.41, 5.74) is 1.24. The van der Waals surface area contributed by atoms with Crippen LogP contribution in [0, 0.1) is 7.05 Å². The Morgan fingerprint density at radius 1 is 0.944 bits per heavy atom. The maximum atomic E-state index is 11.9. The maximum Gasteiger partial charge on any atom is 0.329 e. The average molecular weight is 237 g/mol. The van der Waals surface area contributed by atoms with Crippen LogP contribution in [0.1, 0.15) is 0 Å². The fraction of sp³-hybridized carbons (Fsp3) is 0. The van der Waals surface area contributed by atoms with Crippen molar-refractivity contribution >= 4 is 10.9 Å². The Labute approximate surface area is 104 Å². The minimum Gasteiger partial charge on any atom is -0.431 e. The highest BCUT2D eigenvalue weighted by molar-refractivity contribution is 5.74. The SMILES string of the molecule is [CH2-][n+]1c(-c2ccccc2)oc(=O)c2ccccc21. The molecule has 0 fully saturated rings. The molecule has 0 spiro atoms. The van der Waals surface area contributed by atoms with E-state index in [4.69, 9.17) is 4.42 Å². The largest absolute Gasteiger partial charge is 0.431 e. The molecule has 0 saturated carbocycles. The Morgan fingerprint density at radius 2 is 1.61 bits per heavy atom. The second kappa shape index (κ2) is 4.04. The molecule has 0 atom stereocenters. The molecule has 1 heterocycles. The van der Waals surface area contributed by atoms with E-state index in [-0.39, 0.29) is 5.63 Å². The summed E-state index contributed by atoms with van der Waals surface area (Å²) < 4.78 is 7.00. The van der Waals surface area contributed by atoms with E-state index in [1.807, 2.05) is 42.5 Å². The molecule has 3 heteroatoms. The Bertz CT molecular complexity index is 760. The monoisotopic (exact) mass is 237 g/mol. The van der Waals surface area contributed by atoms with Crippen LogP contribution in [0.4, 0.5) is 0 Å². The Morgan fingerprint density at radius 3 is 2.39 bits per heavy atom. The molecule has 0 aliphatic rings. The summed E-state index contributed by atoms with van der Waals surface area (Å²) in [4.78, 5) is 11.9. The molecule has 2 aromatic carbocycles. The molecule has 3 nitrogen and oxygen atoms in total. The molecule has 88 valence electrons. The summed E-state index contributed by atoms with van der Waals surface area (Å²) in [7, 11) is 3.95. The van der Waals surface area contributed by atoms with Gasteiger partial charge in [0.2, 0.25) is 0 Å². The lowest BCUT2D eigenvalue weighted by Gasteiger charge is -2.08. The van der Waals surface area contributed by atoms with E-state index < -0.39 is 0 Å². The van der Waals surface area contributed by atoms with Crippen LogP contribution < -0.4 is 10.2 Å². The van der Waals surface area contributed by atoms with Crippen LogP contribution in [0.3, 0.4) is 0 Å². The lowest BCUT2D eigenvalue weighted by Crippen LogP contribution is -2.32. The third kappa shape index (κ3) is 1.57. The number of benzene rings is 2. The Kier molecular flexibility index (Phi) is 2.38. The highest BCUT2D eigenvalue weighted by atomic mass is 16.4. The predicted octanol–water partition coefficient (Wildman–Crippen LogP) is 2.39. The van der Waals surface area contributed by atoms with Gasteiger partial charge < -0.3 is 4.42 Å². The minimum absolute atomic E-state index is 0.343. The number of hydrogen-bond donors (Lipinski definition) is 0. The van der Waals surface area contributed by atoms with Crippen molar-refractivity contribution in [1.29, 1.82) is 0 Å². The number of aromatic nitrogens is 1. The first-order chi connectivity index (χ1) is 8.77. The van der Waals surface area contributed by atoms with Crippen LogP contribution in [-0.2, 0) is 0 Å². The summed E-state index contributed by atoms with van der Waals surface area (Å²) in [5.74, 6) is 0.458. The van der Waals surface area contributed by atoms with Crippen LogP contribution in [0.15, 0.2) is 63.8 Å². The minimum atomic E-state index is -0.343. The van der Waals surface area contributed by atoms with Crippen molar-refractivity contribution < 1.29 is 8.98 Å². The summed E-state index contributed by atoms with van der Waals surface area (Å²) in [6.45, 7) is 0. The molecule has 18 heavy (non-hydrogen) atoms. The molecular weight excluding hydrogens is 226 g/mol. The number of hydrogen-bond acceptors (Lipinski definition) is 2. The van der Waals surface area contributed by atoms with Gasteiger partial charge in [0.05, 0.1) is 5.39 Å². The topological polar surface area (TPSA) is 34.1 Å². The van der Waals surface area contributed by atoms with E-state index in [1.165, 1.54) is 0 Å². The van der Waals surface area contributed by atoms with Gasteiger partial charge in [0, 0.05) is 12.6 Å². The van der Waals surface area contributed by atoms with Gasteiger partial charge in [-0.1, -0.05) is 48.5 Å². The predicted molar refractivity (Wildman–Crippen MR) is 68.9 cm³/mol. The van der Waals surface area contributed by atoms with E-state index in [2.05, 4.69) is 7.05 Å². The summed E-state index contributed by atoms with van der Waals surface area (Å²) in [5, 5.41) is 0.534. The Hall–Kier alpha value is -2.55. The molecule has 0 aliphatic heterocycles. The molecule has 1 aromatic heterocycles. The van der Waals surface area contributed by atoms with E-state index in [0.29, 0.717) is 11.3 Å². The molecule has 0 aliphatic carbocycles. The molecule has 0 N–H and O–H groups in total. The van der Waals surface area contributed by atoms with Crippen LogP contribution in [-0.4, -0.2) is 0 Å². The van der Waals surface area contributed by atoms with Crippen molar-refractivity contribution in [3.8, 4) is 11.5 Å². The fourth-order valence-corrected chi connectivity index (χ4v) is 1.98. The van der Waals surface area contributed by atoms with Crippen molar-refractivity contribution in [2.24, 2.45) is 0 Å². The van der Waals surface area contributed by atoms with Gasteiger partial charge in [-0.25, -0.2) is 4.79 Å². The van der Waals surface area contributed by atoms with Gasteiger partial charge in [-0.2, -0.15) is 0 Å². The summed E-state index contributed by atoms with van der Waals surface area (Å²) in [6, 6.07) is 16.7. The van der Waals surface area contributed by atoms with Crippen molar-refractivity contribution in [2.45, 2.75) is 0 Å². The highest BCUT2D eigenvalue weighted by Crippen LogP contribution is 2.15.